The third kappa shape index (κ3) is 2.91. The minimum atomic E-state index is -0.506. The van der Waals surface area contributed by atoms with Gasteiger partial charge in [0, 0.05) is 4.47 Å². The van der Waals surface area contributed by atoms with E-state index in [-0.39, 0.29) is 11.6 Å². The van der Waals surface area contributed by atoms with Crippen molar-refractivity contribution < 1.29 is 14.3 Å². The lowest BCUT2D eigenvalue weighted by Gasteiger charge is -2.13. The van der Waals surface area contributed by atoms with Crippen LogP contribution in [0, 0.1) is 12.7 Å². The van der Waals surface area contributed by atoms with Gasteiger partial charge in [-0.2, -0.15) is 0 Å². The fraction of sp³-hybridized carbons (Fsp3) is 0.0714. The van der Waals surface area contributed by atoms with Crippen LogP contribution in [-0.4, -0.2) is 11.0 Å². The summed E-state index contributed by atoms with van der Waals surface area (Å²) < 4.78 is 20.0. The number of halogens is 2. The number of para-hydroxylation sites is 1. The van der Waals surface area contributed by atoms with Gasteiger partial charge in [-0.1, -0.05) is 33.2 Å². The zero-order chi connectivity index (χ0) is 14.7. The molecule has 20 heavy (non-hydrogen) atoms. The van der Waals surface area contributed by atoms with Gasteiger partial charge in [-0.05, 0) is 36.8 Å². The molecule has 3 N–H and O–H groups in total. The highest BCUT2D eigenvalue weighted by atomic mass is 79.9. The van der Waals surface area contributed by atoms with Crippen molar-refractivity contribution in [2.75, 3.05) is 0 Å². The lowest BCUT2D eigenvalue weighted by molar-refractivity contribution is 0.318. The van der Waals surface area contributed by atoms with Gasteiger partial charge in [0.2, 0.25) is 0 Å². The molecule has 6 heteroatoms. The maximum absolute atomic E-state index is 13.8. The lowest BCUT2D eigenvalue weighted by Crippen LogP contribution is -2.14. The Labute approximate surface area is 123 Å². The molecule has 0 unspecified atom stereocenters. The van der Waals surface area contributed by atoms with Crippen LogP contribution in [0.25, 0.3) is 0 Å². The first-order valence-electron chi connectivity index (χ1n) is 5.73. The van der Waals surface area contributed by atoms with Crippen LogP contribution >= 0.6 is 15.9 Å². The van der Waals surface area contributed by atoms with Crippen molar-refractivity contribution >= 4 is 21.8 Å². The molecule has 0 atom stereocenters. The third-order valence-corrected chi connectivity index (χ3v) is 3.19. The Kier molecular flexibility index (Phi) is 4.24. The molecule has 0 spiro atoms. The van der Waals surface area contributed by atoms with Crippen LogP contribution in [0.2, 0.25) is 0 Å². The molecule has 0 saturated carbocycles. The number of ether oxygens (including phenoxy) is 1. The number of oxime groups is 1. The van der Waals surface area contributed by atoms with Crippen LogP contribution in [-0.2, 0) is 0 Å². The number of benzene rings is 2. The van der Waals surface area contributed by atoms with E-state index in [9.17, 15) is 4.39 Å². The highest BCUT2D eigenvalue weighted by Crippen LogP contribution is 2.31. The Morgan fingerprint density at radius 2 is 2.10 bits per heavy atom. The molecule has 2 aromatic carbocycles. The van der Waals surface area contributed by atoms with Crippen LogP contribution in [0.3, 0.4) is 0 Å². The molecule has 2 aromatic rings. The van der Waals surface area contributed by atoms with Crippen LogP contribution in [0.5, 0.6) is 11.5 Å². The van der Waals surface area contributed by atoms with Gasteiger partial charge in [0.05, 0.1) is 5.56 Å². The molecule has 104 valence electrons. The van der Waals surface area contributed by atoms with E-state index >= 15 is 0 Å². The highest BCUT2D eigenvalue weighted by molar-refractivity contribution is 9.10. The molecule has 0 amide bonds. The van der Waals surface area contributed by atoms with Crippen LogP contribution in [0.4, 0.5) is 4.39 Å². The Morgan fingerprint density at radius 3 is 2.75 bits per heavy atom. The zero-order valence-corrected chi connectivity index (χ0v) is 12.2. The Hall–Kier alpha value is -2.08. The molecular formula is C14H12BrFN2O2. The monoisotopic (exact) mass is 338 g/mol. The summed E-state index contributed by atoms with van der Waals surface area (Å²) in [4.78, 5) is 0. The number of nitrogens with two attached hydrogens (primary N) is 1. The fourth-order valence-corrected chi connectivity index (χ4v) is 2.04. The van der Waals surface area contributed by atoms with Crippen LogP contribution in [0.1, 0.15) is 11.1 Å². The molecule has 0 aromatic heterocycles. The predicted octanol–water partition coefficient (Wildman–Crippen LogP) is 3.78. The molecule has 0 bridgehead atoms. The van der Waals surface area contributed by atoms with E-state index in [1.807, 2.05) is 0 Å². The summed E-state index contributed by atoms with van der Waals surface area (Å²) >= 11 is 3.18. The summed E-state index contributed by atoms with van der Waals surface area (Å²) in [5.74, 6) is -0.187. The van der Waals surface area contributed by atoms with E-state index in [4.69, 9.17) is 15.7 Å². The number of hydrogen-bond acceptors (Lipinski definition) is 3. The van der Waals surface area contributed by atoms with Crippen molar-refractivity contribution in [2.45, 2.75) is 6.92 Å². The van der Waals surface area contributed by atoms with Crippen molar-refractivity contribution in [3.05, 3.63) is 57.8 Å². The predicted molar refractivity (Wildman–Crippen MR) is 77.9 cm³/mol. The number of rotatable bonds is 3. The summed E-state index contributed by atoms with van der Waals surface area (Å²) in [6.45, 7) is 1.79. The third-order valence-electron chi connectivity index (χ3n) is 2.70. The lowest BCUT2D eigenvalue weighted by atomic mass is 10.1. The van der Waals surface area contributed by atoms with Crippen molar-refractivity contribution in [3.8, 4) is 11.5 Å². The van der Waals surface area contributed by atoms with Gasteiger partial charge in [0.25, 0.3) is 0 Å². The molecule has 0 aliphatic carbocycles. The quantitative estimate of drug-likeness (QED) is 0.387. The molecule has 0 radical (unpaired) electrons. The van der Waals surface area contributed by atoms with Gasteiger partial charge in [0.1, 0.15) is 5.75 Å². The van der Waals surface area contributed by atoms with Crippen molar-refractivity contribution in [1.29, 1.82) is 0 Å². The summed E-state index contributed by atoms with van der Waals surface area (Å²) in [6, 6.07) is 9.64. The van der Waals surface area contributed by atoms with Crippen molar-refractivity contribution in [3.63, 3.8) is 0 Å². The topological polar surface area (TPSA) is 67.8 Å². The summed E-state index contributed by atoms with van der Waals surface area (Å²) in [5, 5.41) is 11.7. The maximum atomic E-state index is 13.8. The molecule has 0 aliphatic rings. The minimum Gasteiger partial charge on any atom is -0.453 e. The number of amidine groups is 1. The SMILES string of the molecule is Cc1cccc(/C(N)=N/O)c1Oc1ccc(Br)cc1F. The second-order valence-corrected chi connectivity index (χ2v) is 5.03. The summed E-state index contributed by atoms with van der Waals surface area (Å²) in [7, 11) is 0. The fourth-order valence-electron chi connectivity index (χ4n) is 1.71. The molecular weight excluding hydrogens is 327 g/mol. The average molecular weight is 339 g/mol. The van der Waals surface area contributed by atoms with Crippen LogP contribution < -0.4 is 10.5 Å². The van der Waals surface area contributed by atoms with Gasteiger partial charge in [0.15, 0.2) is 17.4 Å². The second kappa shape index (κ2) is 5.92. The van der Waals surface area contributed by atoms with Crippen LogP contribution in [0.15, 0.2) is 46.0 Å². The number of nitrogens with zero attached hydrogens (tertiary/aromatic N) is 1. The summed E-state index contributed by atoms with van der Waals surface area (Å²) in [5.41, 5.74) is 6.74. The molecule has 0 fully saturated rings. The first-order chi connectivity index (χ1) is 9.52. The van der Waals surface area contributed by atoms with E-state index in [0.29, 0.717) is 15.8 Å². The van der Waals surface area contributed by atoms with E-state index < -0.39 is 5.82 Å². The van der Waals surface area contributed by atoms with Crippen molar-refractivity contribution in [1.82, 2.24) is 0 Å². The van der Waals surface area contributed by atoms with E-state index in [1.165, 1.54) is 12.1 Å². The Bertz CT molecular complexity index is 674. The summed E-state index contributed by atoms with van der Waals surface area (Å²) in [6.07, 6.45) is 0. The molecule has 0 aliphatic heterocycles. The largest absolute Gasteiger partial charge is 0.453 e. The van der Waals surface area contributed by atoms with E-state index in [0.717, 1.165) is 5.56 Å². The van der Waals surface area contributed by atoms with Crippen molar-refractivity contribution in [2.24, 2.45) is 10.9 Å². The van der Waals surface area contributed by atoms with Gasteiger partial charge in [-0.25, -0.2) is 4.39 Å². The minimum absolute atomic E-state index is 0.0643. The molecule has 4 nitrogen and oxygen atoms in total. The first-order valence-corrected chi connectivity index (χ1v) is 6.52. The normalized spacial score (nSPS) is 11.4. The Morgan fingerprint density at radius 1 is 1.35 bits per heavy atom. The zero-order valence-electron chi connectivity index (χ0n) is 10.6. The highest BCUT2D eigenvalue weighted by Gasteiger charge is 2.14. The number of hydrogen-bond donors (Lipinski definition) is 2. The molecule has 0 heterocycles. The van der Waals surface area contributed by atoms with Gasteiger partial charge >= 0.3 is 0 Å². The first kappa shape index (κ1) is 14.3. The average Bonchev–Trinajstić information content (AvgIpc) is 2.42. The van der Waals surface area contributed by atoms with Gasteiger partial charge in [-0.15, -0.1) is 0 Å². The van der Waals surface area contributed by atoms with Gasteiger partial charge < -0.3 is 15.7 Å². The maximum Gasteiger partial charge on any atom is 0.173 e. The van der Waals surface area contributed by atoms with Gasteiger partial charge in [-0.3, -0.25) is 0 Å². The molecule has 2 rings (SSSR count). The van der Waals surface area contributed by atoms with E-state index in [2.05, 4.69) is 21.1 Å². The van der Waals surface area contributed by atoms with E-state index in [1.54, 1.807) is 31.2 Å². The smallest absolute Gasteiger partial charge is 0.173 e. The Balaban J connectivity index is 2.48. The number of aryl methyl sites for hydroxylation is 1. The standard InChI is InChI=1S/C14H12BrFN2O2/c1-8-3-2-4-10(14(17)18-19)13(8)20-12-6-5-9(15)7-11(12)16/h2-7,19H,1H3,(H2,17,18). The second-order valence-electron chi connectivity index (χ2n) is 4.11. The molecule has 0 saturated heterocycles.